The van der Waals surface area contributed by atoms with Gasteiger partial charge in [-0.3, -0.25) is 9.78 Å². The number of aromatic nitrogens is 1. The minimum Gasteiger partial charge on any atom is -0.481 e. The number of benzene rings is 1. The van der Waals surface area contributed by atoms with Crippen LogP contribution >= 0.6 is 0 Å². The van der Waals surface area contributed by atoms with Gasteiger partial charge in [-0.1, -0.05) is 18.2 Å². The van der Waals surface area contributed by atoms with E-state index in [0.29, 0.717) is 0 Å². The summed E-state index contributed by atoms with van der Waals surface area (Å²) in [5, 5.41) is 13.4. The number of carbonyl (C=O) groups is 1. The maximum absolute atomic E-state index is 11.0. The fourth-order valence-electron chi connectivity index (χ4n) is 2.20. The average molecular weight is 258 g/mol. The summed E-state index contributed by atoms with van der Waals surface area (Å²) in [7, 11) is 0. The van der Waals surface area contributed by atoms with Crippen LogP contribution < -0.4 is 5.32 Å². The number of nitrogens with one attached hydrogen (secondary N) is 1. The molecule has 1 aromatic carbocycles. The Labute approximate surface area is 112 Å². The molecule has 19 heavy (non-hydrogen) atoms. The van der Waals surface area contributed by atoms with E-state index >= 15 is 0 Å². The lowest BCUT2D eigenvalue weighted by molar-refractivity contribution is -0.136. The summed E-state index contributed by atoms with van der Waals surface area (Å²) in [6.07, 6.45) is -0.0152. The second-order valence-corrected chi connectivity index (χ2v) is 4.94. The van der Waals surface area contributed by atoms with Crippen LogP contribution in [0.25, 0.3) is 10.9 Å². The number of anilines is 1. The summed E-state index contributed by atoms with van der Waals surface area (Å²) in [6.45, 7) is 5.93. The topological polar surface area (TPSA) is 62.2 Å². The maximum Gasteiger partial charge on any atom is 0.307 e. The van der Waals surface area contributed by atoms with Gasteiger partial charge in [0.25, 0.3) is 0 Å². The average Bonchev–Trinajstić information content (AvgIpc) is 2.32. The van der Waals surface area contributed by atoms with E-state index in [2.05, 4.69) is 10.3 Å². The minimum atomic E-state index is -0.841. The molecule has 0 aliphatic heterocycles. The third-order valence-corrected chi connectivity index (χ3v) is 2.96. The van der Waals surface area contributed by atoms with E-state index in [0.717, 1.165) is 27.8 Å². The summed E-state index contributed by atoms with van der Waals surface area (Å²) in [5.74, 6) is -0.841. The van der Waals surface area contributed by atoms with Crippen molar-refractivity contribution in [3.8, 4) is 0 Å². The normalized spacial score (nSPS) is 10.9. The monoisotopic (exact) mass is 258 g/mol. The molecule has 0 aliphatic rings. The van der Waals surface area contributed by atoms with Crippen molar-refractivity contribution in [2.45, 2.75) is 33.2 Å². The van der Waals surface area contributed by atoms with Gasteiger partial charge in [0.05, 0.1) is 11.9 Å². The molecule has 0 amide bonds. The molecule has 0 aliphatic carbocycles. The van der Waals surface area contributed by atoms with Gasteiger partial charge >= 0.3 is 5.97 Å². The Morgan fingerprint density at radius 3 is 2.68 bits per heavy atom. The van der Waals surface area contributed by atoms with E-state index in [1.54, 1.807) is 0 Å². The van der Waals surface area contributed by atoms with Gasteiger partial charge in [0, 0.05) is 28.4 Å². The van der Waals surface area contributed by atoms with Crippen molar-refractivity contribution >= 4 is 22.6 Å². The van der Waals surface area contributed by atoms with Gasteiger partial charge in [0.15, 0.2) is 0 Å². The lowest BCUT2D eigenvalue weighted by atomic mass is 10.0. The molecule has 1 heterocycles. The van der Waals surface area contributed by atoms with Crippen molar-refractivity contribution in [3.05, 3.63) is 35.5 Å². The number of hydrogen-bond donors (Lipinski definition) is 2. The molecule has 0 bridgehead atoms. The number of fused-ring (bicyclic) bond motifs is 1. The number of aryl methyl sites for hydroxylation is 1. The molecule has 2 N–H and O–H groups in total. The third kappa shape index (κ3) is 2.84. The first-order valence-electron chi connectivity index (χ1n) is 6.35. The Morgan fingerprint density at radius 2 is 2.05 bits per heavy atom. The Hall–Kier alpha value is -2.10. The lowest BCUT2D eigenvalue weighted by Crippen LogP contribution is -2.15. The second kappa shape index (κ2) is 5.26. The number of pyridine rings is 1. The zero-order valence-electron chi connectivity index (χ0n) is 11.4. The molecule has 0 radical (unpaired) electrons. The number of carboxylic acids is 1. The molecule has 1 aromatic heterocycles. The van der Waals surface area contributed by atoms with Crippen LogP contribution in [0.1, 0.15) is 25.1 Å². The molecular formula is C15H18N2O2. The SMILES string of the molecule is Cc1nc2ccccc2c(NC(C)C)c1CC(=O)O. The second-order valence-electron chi connectivity index (χ2n) is 4.94. The molecular weight excluding hydrogens is 240 g/mol. The Kier molecular flexibility index (Phi) is 3.69. The molecule has 0 atom stereocenters. The highest BCUT2D eigenvalue weighted by Crippen LogP contribution is 2.29. The van der Waals surface area contributed by atoms with Crippen LogP contribution in [0.15, 0.2) is 24.3 Å². The summed E-state index contributed by atoms with van der Waals surface area (Å²) in [6, 6.07) is 8.02. The van der Waals surface area contributed by atoms with Crippen molar-refractivity contribution in [2.24, 2.45) is 0 Å². The van der Waals surface area contributed by atoms with Crippen LogP contribution in [0, 0.1) is 6.92 Å². The highest BCUT2D eigenvalue weighted by molar-refractivity contribution is 5.94. The number of hydrogen-bond acceptors (Lipinski definition) is 3. The quantitative estimate of drug-likeness (QED) is 0.885. The van der Waals surface area contributed by atoms with E-state index in [1.165, 1.54) is 0 Å². The summed E-state index contributed by atoms with van der Waals surface area (Å²) in [5.41, 5.74) is 3.31. The van der Waals surface area contributed by atoms with Gasteiger partial charge in [-0.15, -0.1) is 0 Å². The molecule has 0 saturated carbocycles. The summed E-state index contributed by atoms with van der Waals surface area (Å²) < 4.78 is 0. The van der Waals surface area contributed by atoms with Crippen molar-refractivity contribution in [1.29, 1.82) is 0 Å². The predicted molar refractivity (Wildman–Crippen MR) is 76.6 cm³/mol. The summed E-state index contributed by atoms with van der Waals surface area (Å²) in [4.78, 5) is 15.5. The van der Waals surface area contributed by atoms with E-state index in [-0.39, 0.29) is 12.5 Å². The van der Waals surface area contributed by atoms with Crippen LogP contribution in [0.4, 0.5) is 5.69 Å². The first kappa shape index (κ1) is 13.3. The molecule has 4 heteroatoms. The first-order chi connectivity index (χ1) is 8.99. The zero-order valence-corrected chi connectivity index (χ0v) is 11.4. The van der Waals surface area contributed by atoms with E-state index < -0.39 is 5.97 Å². The van der Waals surface area contributed by atoms with E-state index in [4.69, 9.17) is 5.11 Å². The van der Waals surface area contributed by atoms with Crippen LogP contribution in [-0.2, 0) is 11.2 Å². The van der Waals surface area contributed by atoms with Gasteiger partial charge < -0.3 is 10.4 Å². The van der Waals surface area contributed by atoms with E-state index in [1.807, 2.05) is 45.0 Å². The predicted octanol–water partition coefficient (Wildman–Crippen LogP) is 2.99. The minimum absolute atomic E-state index is 0.0152. The number of rotatable bonds is 4. The standard InChI is InChI=1S/C15H18N2O2/c1-9(2)16-15-11-6-4-5-7-13(11)17-10(3)12(15)8-14(18)19/h4-7,9H,8H2,1-3H3,(H,16,17)(H,18,19). The highest BCUT2D eigenvalue weighted by atomic mass is 16.4. The van der Waals surface area contributed by atoms with Gasteiger partial charge in [0.2, 0.25) is 0 Å². The number of para-hydroxylation sites is 1. The maximum atomic E-state index is 11.0. The van der Waals surface area contributed by atoms with Crippen molar-refractivity contribution < 1.29 is 9.90 Å². The van der Waals surface area contributed by atoms with Gasteiger partial charge in [-0.25, -0.2) is 0 Å². The van der Waals surface area contributed by atoms with Gasteiger partial charge in [-0.2, -0.15) is 0 Å². The van der Waals surface area contributed by atoms with E-state index in [9.17, 15) is 4.79 Å². The molecule has 0 spiro atoms. The lowest BCUT2D eigenvalue weighted by Gasteiger charge is -2.18. The fraction of sp³-hybridized carbons (Fsp3) is 0.333. The molecule has 0 fully saturated rings. The molecule has 100 valence electrons. The summed E-state index contributed by atoms with van der Waals surface area (Å²) >= 11 is 0. The molecule has 0 saturated heterocycles. The Morgan fingerprint density at radius 1 is 1.37 bits per heavy atom. The smallest absolute Gasteiger partial charge is 0.307 e. The molecule has 4 nitrogen and oxygen atoms in total. The van der Waals surface area contributed by atoms with Crippen LogP contribution in [-0.4, -0.2) is 22.1 Å². The highest BCUT2D eigenvalue weighted by Gasteiger charge is 2.15. The van der Waals surface area contributed by atoms with Gasteiger partial charge in [0.1, 0.15) is 0 Å². The van der Waals surface area contributed by atoms with Crippen molar-refractivity contribution in [2.75, 3.05) is 5.32 Å². The number of carboxylic acid groups (broad SMARTS) is 1. The Balaban J connectivity index is 2.69. The Bertz CT molecular complexity index is 621. The number of aliphatic carboxylic acids is 1. The zero-order chi connectivity index (χ0) is 14.0. The van der Waals surface area contributed by atoms with Crippen molar-refractivity contribution in [3.63, 3.8) is 0 Å². The molecule has 0 unspecified atom stereocenters. The molecule has 2 aromatic rings. The fourth-order valence-corrected chi connectivity index (χ4v) is 2.20. The van der Waals surface area contributed by atoms with Crippen LogP contribution in [0.3, 0.4) is 0 Å². The van der Waals surface area contributed by atoms with Gasteiger partial charge in [-0.05, 0) is 26.8 Å². The van der Waals surface area contributed by atoms with Crippen LogP contribution in [0.2, 0.25) is 0 Å². The third-order valence-electron chi connectivity index (χ3n) is 2.96. The molecule has 2 rings (SSSR count). The van der Waals surface area contributed by atoms with Crippen LogP contribution in [0.5, 0.6) is 0 Å². The first-order valence-corrected chi connectivity index (χ1v) is 6.35. The number of nitrogens with zero attached hydrogens (tertiary/aromatic N) is 1. The van der Waals surface area contributed by atoms with Crippen molar-refractivity contribution in [1.82, 2.24) is 4.98 Å². The largest absolute Gasteiger partial charge is 0.481 e.